The van der Waals surface area contributed by atoms with E-state index >= 15 is 0 Å². The second kappa shape index (κ2) is 7.34. The molecule has 0 aliphatic rings. The molecule has 3 rings (SSSR count). The molecule has 1 heterocycles. The fourth-order valence-electron chi connectivity index (χ4n) is 2.45. The van der Waals surface area contributed by atoms with Crippen molar-refractivity contribution in [1.82, 2.24) is 9.97 Å². The number of nitrogens with one attached hydrogen (secondary N) is 1. The number of imidazole rings is 1. The first kappa shape index (κ1) is 15.6. The van der Waals surface area contributed by atoms with Gasteiger partial charge in [-0.3, -0.25) is 0 Å². The Labute approximate surface area is 141 Å². The van der Waals surface area contributed by atoms with Crippen molar-refractivity contribution in [3.8, 4) is 11.5 Å². The highest BCUT2D eigenvalue weighted by Crippen LogP contribution is 2.25. The molecule has 0 unspecified atom stereocenters. The highest BCUT2D eigenvalue weighted by atomic mass is 35.5. The molecule has 0 aliphatic carbocycles. The number of benzene rings is 2. The molecule has 117 valence electrons. The van der Waals surface area contributed by atoms with Crippen molar-refractivity contribution in [2.75, 3.05) is 0 Å². The molecule has 0 saturated heterocycles. The van der Waals surface area contributed by atoms with Crippen LogP contribution in [0.4, 0.5) is 0 Å². The van der Waals surface area contributed by atoms with Gasteiger partial charge in [0.1, 0.15) is 17.3 Å². The van der Waals surface area contributed by atoms with Crippen LogP contribution in [-0.4, -0.2) is 9.97 Å². The minimum atomic E-state index is 0.703. The van der Waals surface area contributed by atoms with Gasteiger partial charge in [0, 0.05) is 23.8 Å². The molecule has 1 radical (unpaired) electrons. The maximum Gasteiger partial charge on any atom is 0.127 e. The first-order valence-corrected chi connectivity index (χ1v) is 7.89. The average molecular weight is 326 g/mol. The summed E-state index contributed by atoms with van der Waals surface area (Å²) >= 11 is 5.89. The molecule has 0 aliphatic heterocycles. The zero-order chi connectivity index (χ0) is 16.1. The smallest absolute Gasteiger partial charge is 0.127 e. The van der Waals surface area contributed by atoms with E-state index in [1.165, 1.54) is 11.5 Å². The Balaban J connectivity index is 1.63. The number of ether oxygens (including phenoxy) is 1. The number of H-pyrrole nitrogens is 1. The lowest BCUT2D eigenvalue weighted by Crippen LogP contribution is -2.03. The van der Waals surface area contributed by atoms with Crippen LogP contribution in [0.1, 0.15) is 18.3 Å². The van der Waals surface area contributed by atoms with Gasteiger partial charge in [0.05, 0.1) is 0 Å². The van der Waals surface area contributed by atoms with Crippen LogP contribution in [0.3, 0.4) is 0 Å². The number of rotatable bonds is 6. The van der Waals surface area contributed by atoms with Crippen LogP contribution >= 0.6 is 11.6 Å². The zero-order valence-corrected chi connectivity index (χ0v) is 13.7. The van der Waals surface area contributed by atoms with E-state index in [0.717, 1.165) is 30.2 Å². The van der Waals surface area contributed by atoms with Gasteiger partial charge in [-0.2, -0.15) is 0 Å². The summed E-state index contributed by atoms with van der Waals surface area (Å²) in [6.07, 6.45) is 5.39. The molecule has 2 aromatic carbocycles. The van der Waals surface area contributed by atoms with Crippen molar-refractivity contribution in [3.05, 3.63) is 83.3 Å². The van der Waals surface area contributed by atoms with Gasteiger partial charge in [0.25, 0.3) is 0 Å². The van der Waals surface area contributed by atoms with E-state index in [1.807, 2.05) is 42.6 Å². The second-order valence-electron chi connectivity index (χ2n) is 5.55. The van der Waals surface area contributed by atoms with Crippen molar-refractivity contribution in [3.63, 3.8) is 0 Å². The fraction of sp³-hybridized carbons (Fsp3) is 0.158. The van der Waals surface area contributed by atoms with Crippen LogP contribution in [0.25, 0.3) is 0 Å². The Morgan fingerprint density at radius 3 is 2.65 bits per heavy atom. The molecule has 0 spiro atoms. The Kier molecular flexibility index (Phi) is 4.99. The van der Waals surface area contributed by atoms with E-state index in [0.29, 0.717) is 5.02 Å². The highest BCUT2D eigenvalue weighted by Gasteiger charge is 2.08. The molecule has 4 heteroatoms. The molecule has 0 atom stereocenters. The lowest BCUT2D eigenvalue weighted by molar-refractivity contribution is 0.482. The number of aromatic amines is 1. The number of halogens is 1. The zero-order valence-electron chi connectivity index (χ0n) is 12.9. The van der Waals surface area contributed by atoms with Gasteiger partial charge in [-0.15, -0.1) is 0 Å². The minimum Gasteiger partial charge on any atom is -0.457 e. The van der Waals surface area contributed by atoms with Crippen molar-refractivity contribution in [2.24, 2.45) is 0 Å². The molecule has 23 heavy (non-hydrogen) atoms. The standard InChI is InChI=1S/C19H18ClN2O/c1-14(12-19-21-9-10-22-19)11-15-3-2-4-18(13-15)23-17-7-5-16(20)6-8-17/h2-10,13H,11-12H2,1H3,(H,21,22). The van der Waals surface area contributed by atoms with Gasteiger partial charge < -0.3 is 9.72 Å². The number of hydrogen-bond acceptors (Lipinski definition) is 2. The summed E-state index contributed by atoms with van der Waals surface area (Å²) in [7, 11) is 0. The van der Waals surface area contributed by atoms with Crippen LogP contribution in [0.5, 0.6) is 11.5 Å². The largest absolute Gasteiger partial charge is 0.457 e. The van der Waals surface area contributed by atoms with Gasteiger partial charge >= 0.3 is 0 Å². The molecule has 0 fully saturated rings. The van der Waals surface area contributed by atoms with Crippen LogP contribution in [-0.2, 0) is 12.8 Å². The van der Waals surface area contributed by atoms with Gasteiger partial charge in [-0.05, 0) is 54.3 Å². The molecule has 3 nitrogen and oxygen atoms in total. The van der Waals surface area contributed by atoms with E-state index in [2.05, 4.69) is 29.0 Å². The van der Waals surface area contributed by atoms with Crippen molar-refractivity contribution in [2.45, 2.75) is 19.8 Å². The summed E-state index contributed by atoms with van der Waals surface area (Å²) in [5.74, 6) is 3.96. The maximum atomic E-state index is 5.89. The lowest BCUT2D eigenvalue weighted by Gasteiger charge is -2.11. The summed E-state index contributed by atoms with van der Waals surface area (Å²) in [6, 6.07) is 15.5. The second-order valence-corrected chi connectivity index (χ2v) is 5.99. The predicted octanol–water partition coefficient (Wildman–Crippen LogP) is 5.23. The molecular weight excluding hydrogens is 308 g/mol. The highest BCUT2D eigenvalue weighted by molar-refractivity contribution is 6.30. The Morgan fingerprint density at radius 2 is 1.91 bits per heavy atom. The monoisotopic (exact) mass is 325 g/mol. The molecule has 1 aromatic heterocycles. The van der Waals surface area contributed by atoms with E-state index in [9.17, 15) is 0 Å². The van der Waals surface area contributed by atoms with E-state index < -0.39 is 0 Å². The van der Waals surface area contributed by atoms with Crippen molar-refractivity contribution < 1.29 is 4.74 Å². The molecule has 0 saturated carbocycles. The third kappa shape index (κ3) is 4.60. The van der Waals surface area contributed by atoms with E-state index in [1.54, 1.807) is 6.20 Å². The van der Waals surface area contributed by atoms with Gasteiger partial charge in [0.2, 0.25) is 0 Å². The summed E-state index contributed by atoms with van der Waals surface area (Å²) in [4.78, 5) is 7.40. The number of nitrogens with zero attached hydrogens (tertiary/aromatic N) is 1. The summed E-state index contributed by atoms with van der Waals surface area (Å²) < 4.78 is 5.88. The maximum absolute atomic E-state index is 5.89. The van der Waals surface area contributed by atoms with E-state index in [4.69, 9.17) is 16.3 Å². The minimum absolute atomic E-state index is 0.703. The summed E-state index contributed by atoms with van der Waals surface area (Å²) in [6.45, 7) is 2.15. The number of aromatic nitrogens is 2. The Hall–Kier alpha value is -2.26. The van der Waals surface area contributed by atoms with Gasteiger partial charge in [-0.25, -0.2) is 4.98 Å². The Morgan fingerprint density at radius 1 is 1.09 bits per heavy atom. The topological polar surface area (TPSA) is 37.9 Å². The fourth-order valence-corrected chi connectivity index (χ4v) is 2.58. The first-order chi connectivity index (χ1) is 11.2. The number of hydrogen-bond donors (Lipinski definition) is 1. The molecular formula is C19H18ClN2O. The van der Waals surface area contributed by atoms with E-state index in [-0.39, 0.29) is 0 Å². The van der Waals surface area contributed by atoms with Crippen LogP contribution in [0.15, 0.2) is 60.9 Å². The SMILES string of the molecule is C[C](Cc1cccc(Oc2ccc(Cl)cc2)c1)Cc1ncc[nH]1. The third-order valence-electron chi connectivity index (χ3n) is 3.48. The van der Waals surface area contributed by atoms with Gasteiger partial charge in [0.15, 0.2) is 0 Å². The quantitative estimate of drug-likeness (QED) is 0.673. The molecule has 1 N–H and O–H groups in total. The Bertz CT molecular complexity index is 738. The molecule has 3 aromatic rings. The lowest BCUT2D eigenvalue weighted by atomic mass is 9.98. The van der Waals surface area contributed by atoms with Gasteiger partial charge in [-0.1, -0.05) is 30.7 Å². The normalized spacial score (nSPS) is 10.9. The molecule has 0 amide bonds. The van der Waals surface area contributed by atoms with Crippen molar-refractivity contribution >= 4 is 11.6 Å². The summed E-state index contributed by atoms with van der Waals surface area (Å²) in [5, 5.41) is 0.703. The summed E-state index contributed by atoms with van der Waals surface area (Å²) in [5.41, 5.74) is 1.22. The predicted molar refractivity (Wildman–Crippen MR) is 92.9 cm³/mol. The van der Waals surface area contributed by atoms with Crippen LogP contribution in [0.2, 0.25) is 5.02 Å². The average Bonchev–Trinajstić information content (AvgIpc) is 3.03. The van der Waals surface area contributed by atoms with Crippen molar-refractivity contribution in [1.29, 1.82) is 0 Å². The van der Waals surface area contributed by atoms with Crippen LogP contribution in [0, 0.1) is 5.92 Å². The molecule has 0 bridgehead atoms. The third-order valence-corrected chi connectivity index (χ3v) is 3.73. The first-order valence-electron chi connectivity index (χ1n) is 7.51. The van der Waals surface area contributed by atoms with Crippen LogP contribution < -0.4 is 4.74 Å².